The second-order valence-electron chi connectivity index (χ2n) is 4.05. The number of hydrogen-bond donors (Lipinski definition) is 2. The summed E-state index contributed by atoms with van der Waals surface area (Å²) in [6, 6.07) is 7.80. The second-order valence-corrected chi connectivity index (χ2v) is 4.91. The van der Waals surface area contributed by atoms with E-state index in [1.807, 2.05) is 29.2 Å². The molecule has 0 aliphatic carbocycles. The average Bonchev–Trinajstić information content (AvgIpc) is 2.15. The summed E-state index contributed by atoms with van der Waals surface area (Å²) in [5.74, 6) is 0. The van der Waals surface area contributed by atoms with Gasteiger partial charge >= 0.3 is 0 Å². The molecule has 0 amide bonds. The number of para-hydroxylation sites is 1. The van der Waals surface area contributed by atoms with E-state index in [4.69, 9.17) is 0 Å². The summed E-state index contributed by atoms with van der Waals surface area (Å²) in [5.41, 5.74) is 0.990. The van der Waals surface area contributed by atoms with Crippen LogP contribution in [-0.2, 0) is 0 Å². The van der Waals surface area contributed by atoms with Crippen LogP contribution in [0.1, 0.15) is 13.8 Å². The van der Waals surface area contributed by atoms with Gasteiger partial charge in [0.25, 0.3) is 0 Å². The third-order valence-electron chi connectivity index (χ3n) is 2.16. The van der Waals surface area contributed by atoms with Crippen LogP contribution >= 0.6 is 15.9 Å². The lowest BCUT2D eigenvalue weighted by atomic mass is 10.2. The third-order valence-corrected chi connectivity index (χ3v) is 2.83. The molecule has 0 spiro atoms. The van der Waals surface area contributed by atoms with Gasteiger partial charge in [0.2, 0.25) is 0 Å². The molecule has 1 rings (SSSR count). The van der Waals surface area contributed by atoms with Gasteiger partial charge in [-0.3, -0.25) is 0 Å². The molecule has 2 atom stereocenters. The molecule has 0 heterocycles. The highest BCUT2D eigenvalue weighted by molar-refractivity contribution is 9.10. The number of aliphatic hydroxyl groups is 2. The minimum atomic E-state index is -0.425. The van der Waals surface area contributed by atoms with E-state index in [0.717, 1.165) is 10.2 Å². The fourth-order valence-corrected chi connectivity index (χ4v) is 2.15. The minimum absolute atomic E-state index is 0.425. The van der Waals surface area contributed by atoms with Crippen molar-refractivity contribution >= 4 is 21.6 Å². The molecular weight excluding hydrogens is 270 g/mol. The van der Waals surface area contributed by atoms with E-state index in [-0.39, 0.29) is 0 Å². The zero-order valence-electron chi connectivity index (χ0n) is 9.60. The number of halogens is 1. The maximum atomic E-state index is 9.45. The number of nitrogens with zero attached hydrogens (tertiary/aromatic N) is 1. The van der Waals surface area contributed by atoms with Gasteiger partial charge in [0, 0.05) is 17.6 Å². The largest absolute Gasteiger partial charge is 0.392 e. The molecule has 90 valence electrons. The van der Waals surface area contributed by atoms with Crippen LogP contribution in [0.15, 0.2) is 28.7 Å². The van der Waals surface area contributed by atoms with Gasteiger partial charge in [-0.05, 0) is 41.9 Å². The third kappa shape index (κ3) is 4.12. The topological polar surface area (TPSA) is 43.7 Å². The number of hydrogen-bond acceptors (Lipinski definition) is 3. The Balaban J connectivity index is 2.87. The van der Waals surface area contributed by atoms with Crippen molar-refractivity contribution in [3.63, 3.8) is 0 Å². The fourth-order valence-electron chi connectivity index (χ4n) is 1.62. The molecule has 0 saturated heterocycles. The van der Waals surface area contributed by atoms with Crippen LogP contribution in [0.5, 0.6) is 0 Å². The normalized spacial score (nSPS) is 14.6. The molecule has 0 bridgehead atoms. The Morgan fingerprint density at radius 1 is 1.12 bits per heavy atom. The SMILES string of the molecule is CC(O)CN(CC(C)O)c1ccccc1Br. The second kappa shape index (κ2) is 6.23. The maximum Gasteiger partial charge on any atom is 0.0687 e. The van der Waals surface area contributed by atoms with Crippen molar-refractivity contribution < 1.29 is 10.2 Å². The first-order valence-electron chi connectivity index (χ1n) is 5.36. The summed E-state index contributed by atoms with van der Waals surface area (Å²) < 4.78 is 0.969. The summed E-state index contributed by atoms with van der Waals surface area (Å²) >= 11 is 3.47. The smallest absolute Gasteiger partial charge is 0.0687 e. The van der Waals surface area contributed by atoms with Gasteiger partial charge in [-0.1, -0.05) is 12.1 Å². The molecule has 16 heavy (non-hydrogen) atoms. The van der Waals surface area contributed by atoms with Crippen LogP contribution in [0.3, 0.4) is 0 Å². The number of benzene rings is 1. The number of rotatable bonds is 5. The molecule has 1 aromatic carbocycles. The summed E-state index contributed by atoms with van der Waals surface area (Å²) in [5, 5.41) is 18.9. The Morgan fingerprint density at radius 2 is 1.62 bits per heavy atom. The van der Waals surface area contributed by atoms with Crippen molar-refractivity contribution in [1.29, 1.82) is 0 Å². The van der Waals surface area contributed by atoms with Crippen LogP contribution in [-0.4, -0.2) is 35.5 Å². The molecule has 0 saturated carbocycles. The molecule has 4 heteroatoms. The quantitative estimate of drug-likeness (QED) is 0.871. The maximum absolute atomic E-state index is 9.45. The first kappa shape index (κ1) is 13.5. The lowest BCUT2D eigenvalue weighted by molar-refractivity contribution is 0.178. The molecule has 2 N–H and O–H groups in total. The van der Waals surface area contributed by atoms with Crippen LogP contribution < -0.4 is 4.90 Å². The van der Waals surface area contributed by atoms with Crippen LogP contribution in [0.25, 0.3) is 0 Å². The molecule has 3 nitrogen and oxygen atoms in total. The molecule has 0 aromatic heterocycles. The van der Waals surface area contributed by atoms with Crippen molar-refractivity contribution in [3.05, 3.63) is 28.7 Å². The molecule has 0 radical (unpaired) electrons. The molecular formula is C12H18BrNO2. The summed E-state index contributed by atoms with van der Waals surface area (Å²) in [4.78, 5) is 1.97. The Labute approximate surface area is 105 Å². The zero-order chi connectivity index (χ0) is 12.1. The van der Waals surface area contributed by atoms with Crippen molar-refractivity contribution in [2.75, 3.05) is 18.0 Å². The predicted molar refractivity (Wildman–Crippen MR) is 69.7 cm³/mol. The van der Waals surface area contributed by atoms with Gasteiger partial charge in [-0.25, -0.2) is 0 Å². The van der Waals surface area contributed by atoms with Gasteiger partial charge in [0.1, 0.15) is 0 Å². The highest BCUT2D eigenvalue weighted by Gasteiger charge is 2.13. The lowest BCUT2D eigenvalue weighted by Gasteiger charge is -2.28. The zero-order valence-corrected chi connectivity index (χ0v) is 11.2. The minimum Gasteiger partial charge on any atom is -0.392 e. The highest BCUT2D eigenvalue weighted by atomic mass is 79.9. The lowest BCUT2D eigenvalue weighted by Crippen LogP contribution is -2.36. The van der Waals surface area contributed by atoms with Gasteiger partial charge in [-0.2, -0.15) is 0 Å². The van der Waals surface area contributed by atoms with Gasteiger partial charge < -0.3 is 15.1 Å². The van der Waals surface area contributed by atoms with Crippen molar-refractivity contribution in [2.24, 2.45) is 0 Å². The average molecular weight is 288 g/mol. The Kier molecular flexibility index (Phi) is 5.25. The van der Waals surface area contributed by atoms with E-state index in [9.17, 15) is 10.2 Å². The summed E-state index contributed by atoms with van der Waals surface area (Å²) in [6.07, 6.45) is -0.850. The molecule has 0 fully saturated rings. The molecule has 1 aromatic rings. The van der Waals surface area contributed by atoms with E-state index in [0.29, 0.717) is 13.1 Å². The first-order valence-corrected chi connectivity index (χ1v) is 6.15. The van der Waals surface area contributed by atoms with Gasteiger partial charge in [0.05, 0.1) is 17.9 Å². The standard InChI is InChI=1S/C12H18BrNO2/c1-9(15)7-14(8-10(2)16)12-6-4-3-5-11(12)13/h3-6,9-10,15-16H,7-8H2,1-2H3. The van der Waals surface area contributed by atoms with Crippen LogP contribution in [0.2, 0.25) is 0 Å². The fraction of sp³-hybridized carbons (Fsp3) is 0.500. The highest BCUT2D eigenvalue weighted by Crippen LogP contribution is 2.25. The summed E-state index contributed by atoms with van der Waals surface area (Å²) in [7, 11) is 0. The van der Waals surface area contributed by atoms with Gasteiger partial charge in [0.15, 0.2) is 0 Å². The summed E-state index contributed by atoms with van der Waals surface area (Å²) in [6.45, 7) is 4.50. The van der Waals surface area contributed by atoms with Crippen LogP contribution in [0, 0.1) is 0 Å². The predicted octanol–water partition coefficient (Wildman–Crippen LogP) is 2.02. The van der Waals surface area contributed by atoms with E-state index < -0.39 is 12.2 Å². The Bertz CT molecular complexity index is 319. The van der Waals surface area contributed by atoms with Crippen molar-refractivity contribution in [3.8, 4) is 0 Å². The number of anilines is 1. The molecule has 0 aliphatic rings. The van der Waals surface area contributed by atoms with E-state index in [2.05, 4.69) is 15.9 Å². The first-order chi connectivity index (χ1) is 7.50. The number of aliphatic hydroxyl groups excluding tert-OH is 2. The van der Waals surface area contributed by atoms with E-state index in [1.54, 1.807) is 13.8 Å². The van der Waals surface area contributed by atoms with Crippen molar-refractivity contribution in [1.82, 2.24) is 0 Å². The molecule has 2 unspecified atom stereocenters. The van der Waals surface area contributed by atoms with Gasteiger partial charge in [-0.15, -0.1) is 0 Å². The monoisotopic (exact) mass is 287 g/mol. The Morgan fingerprint density at radius 3 is 2.06 bits per heavy atom. The van der Waals surface area contributed by atoms with Crippen LogP contribution in [0.4, 0.5) is 5.69 Å². The van der Waals surface area contributed by atoms with E-state index in [1.165, 1.54) is 0 Å². The van der Waals surface area contributed by atoms with E-state index >= 15 is 0 Å². The molecule has 0 aliphatic heterocycles. The van der Waals surface area contributed by atoms with Crippen molar-refractivity contribution in [2.45, 2.75) is 26.1 Å². The Hall–Kier alpha value is -0.580.